The van der Waals surface area contributed by atoms with E-state index in [2.05, 4.69) is 21.2 Å². The fourth-order valence-electron chi connectivity index (χ4n) is 1.55. The largest absolute Gasteiger partial charge is 0.389 e. The highest BCUT2D eigenvalue weighted by Gasteiger charge is 2.26. The van der Waals surface area contributed by atoms with Crippen molar-refractivity contribution in [2.75, 3.05) is 5.32 Å². The van der Waals surface area contributed by atoms with Gasteiger partial charge in [-0.2, -0.15) is 13.2 Å². The molecule has 0 saturated carbocycles. The quantitative estimate of drug-likeness (QED) is 0.740. The van der Waals surface area contributed by atoms with Gasteiger partial charge in [-0.25, -0.2) is 4.39 Å². The second-order valence-corrected chi connectivity index (χ2v) is 5.09. The Hall–Kier alpha value is -0.780. The predicted octanol–water partition coefficient (Wildman–Crippen LogP) is 5.12. The number of halogens is 5. The second-order valence-electron chi connectivity index (χ2n) is 4.18. The molecule has 0 aliphatic rings. The average molecular weight is 328 g/mol. The van der Waals surface area contributed by atoms with Gasteiger partial charge >= 0.3 is 6.18 Å². The first-order valence-electron chi connectivity index (χ1n) is 5.56. The van der Waals surface area contributed by atoms with Crippen molar-refractivity contribution < 1.29 is 17.6 Å². The highest BCUT2D eigenvalue weighted by Crippen LogP contribution is 2.24. The van der Waals surface area contributed by atoms with E-state index in [0.29, 0.717) is 16.6 Å². The lowest BCUT2D eigenvalue weighted by molar-refractivity contribution is -0.135. The highest BCUT2D eigenvalue weighted by molar-refractivity contribution is 9.10. The summed E-state index contributed by atoms with van der Waals surface area (Å²) in [6.07, 6.45) is -4.56. The number of alkyl halides is 3. The van der Waals surface area contributed by atoms with Crippen molar-refractivity contribution in [3.8, 4) is 0 Å². The van der Waals surface area contributed by atoms with Gasteiger partial charge in [0.15, 0.2) is 0 Å². The van der Waals surface area contributed by atoms with E-state index in [1.807, 2.05) is 0 Å². The Balaban J connectivity index is 2.44. The fraction of sp³-hybridized carbons (Fsp3) is 0.500. The van der Waals surface area contributed by atoms with Crippen LogP contribution in [0.1, 0.15) is 26.2 Å². The van der Waals surface area contributed by atoms with Crippen LogP contribution in [0.3, 0.4) is 0 Å². The molecule has 1 nitrogen and oxygen atoms in total. The number of rotatable bonds is 5. The molecule has 1 rings (SSSR count). The molecule has 0 heterocycles. The summed E-state index contributed by atoms with van der Waals surface area (Å²) in [6, 6.07) is 4.22. The second kappa shape index (κ2) is 6.41. The summed E-state index contributed by atoms with van der Waals surface area (Å²) in [5.74, 6) is -0.416. The van der Waals surface area contributed by atoms with Crippen molar-refractivity contribution in [3.05, 3.63) is 28.5 Å². The molecular formula is C12H14BrF4N. The van der Waals surface area contributed by atoms with E-state index in [-0.39, 0.29) is 12.5 Å². The van der Waals surface area contributed by atoms with Gasteiger partial charge in [-0.3, -0.25) is 0 Å². The topological polar surface area (TPSA) is 12.0 Å². The summed E-state index contributed by atoms with van der Waals surface area (Å²) < 4.78 is 50.0. The maximum absolute atomic E-state index is 13.4. The van der Waals surface area contributed by atoms with Gasteiger partial charge in [-0.15, -0.1) is 0 Å². The molecular weight excluding hydrogens is 314 g/mol. The van der Waals surface area contributed by atoms with Crippen molar-refractivity contribution in [1.82, 2.24) is 0 Å². The third kappa shape index (κ3) is 5.71. The summed E-state index contributed by atoms with van der Waals surface area (Å²) in [5, 5.41) is 2.86. The molecule has 0 amide bonds. The van der Waals surface area contributed by atoms with E-state index >= 15 is 0 Å². The van der Waals surface area contributed by atoms with Gasteiger partial charge < -0.3 is 5.32 Å². The van der Waals surface area contributed by atoms with Gasteiger partial charge in [0.1, 0.15) is 5.82 Å². The zero-order valence-electron chi connectivity index (χ0n) is 9.82. The Bertz CT molecular complexity index is 392. The van der Waals surface area contributed by atoms with Crippen LogP contribution in [0.25, 0.3) is 0 Å². The summed E-state index contributed by atoms with van der Waals surface area (Å²) in [4.78, 5) is 0. The van der Waals surface area contributed by atoms with E-state index < -0.39 is 18.4 Å². The molecule has 1 N–H and O–H groups in total. The zero-order chi connectivity index (χ0) is 13.8. The van der Waals surface area contributed by atoms with E-state index in [0.717, 1.165) is 0 Å². The van der Waals surface area contributed by atoms with Crippen molar-refractivity contribution >= 4 is 21.6 Å². The lowest BCUT2D eigenvalue weighted by Crippen LogP contribution is -2.17. The molecule has 0 aliphatic heterocycles. The normalized spacial score (nSPS) is 13.4. The Kier molecular flexibility index (Phi) is 5.44. The molecule has 0 bridgehead atoms. The third-order valence-electron chi connectivity index (χ3n) is 2.43. The SMILES string of the molecule is CC(CCCC(F)(F)F)Nc1cc(Br)ccc1F. The first kappa shape index (κ1) is 15.3. The number of nitrogens with one attached hydrogen (secondary N) is 1. The van der Waals surface area contributed by atoms with E-state index in [9.17, 15) is 17.6 Å². The zero-order valence-corrected chi connectivity index (χ0v) is 11.4. The van der Waals surface area contributed by atoms with E-state index in [1.54, 1.807) is 19.1 Å². The molecule has 0 saturated heterocycles. The summed E-state index contributed by atoms with van der Waals surface area (Å²) in [6.45, 7) is 1.73. The molecule has 0 radical (unpaired) electrons. The molecule has 0 spiro atoms. The molecule has 1 atom stereocenters. The van der Waals surface area contributed by atoms with Gasteiger partial charge in [0.2, 0.25) is 0 Å². The van der Waals surface area contributed by atoms with E-state index in [1.165, 1.54) is 6.07 Å². The molecule has 1 unspecified atom stereocenters. The van der Waals surface area contributed by atoms with Crippen LogP contribution in [0.15, 0.2) is 22.7 Å². The van der Waals surface area contributed by atoms with Gasteiger partial charge in [0.05, 0.1) is 5.69 Å². The smallest absolute Gasteiger partial charge is 0.380 e. The van der Waals surface area contributed by atoms with Gasteiger partial charge in [-0.1, -0.05) is 15.9 Å². The Morgan fingerprint density at radius 1 is 1.33 bits per heavy atom. The molecule has 18 heavy (non-hydrogen) atoms. The van der Waals surface area contributed by atoms with Crippen LogP contribution in [-0.4, -0.2) is 12.2 Å². The van der Waals surface area contributed by atoms with Crippen molar-refractivity contribution in [1.29, 1.82) is 0 Å². The first-order valence-corrected chi connectivity index (χ1v) is 6.35. The van der Waals surface area contributed by atoms with Crippen LogP contribution in [0, 0.1) is 5.82 Å². The Labute approximate surface area is 112 Å². The molecule has 0 fully saturated rings. The minimum absolute atomic E-state index is 0.0350. The molecule has 1 aromatic carbocycles. The van der Waals surface area contributed by atoms with Crippen LogP contribution < -0.4 is 5.32 Å². The average Bonchev–Trinajstić information content (AvgIpc) is 2.21. The van der Waals surface area contributed by atoms with Gasteiger partial charge in [0.25, 0.3) is 0 Å². The summed E-state index contributed by atoms with van der Waals surface area (Å²) >= 11 is 3.21. The van der Waals surface area contributed by atoms with Crippen LogP contribution >= 0.6 is 15.9 Å². The Morgan fingerprint density at radius 3 is 2.61 bits per heavy atom. The number of anilines is 1. The monoisotopic (exact) mass is 327 g/mol. The maximum atomic E-state index is 13.4. The maximum Gasteiger partial charge on any atom is 0.389 e. The number of hydrogen-bond donors (Lipinski definition) is 1. The van der Waals surface area contributed by atoms with Crippen LogP contribution in [0.5, 0.6) is 0 Å². The van der Waals surface area contributed by atoms with Crippen LogP contribution in [0.2, 0.25) is 0 Å². The van der Waals surface area contributed by atoms with Gasteiger partial charge in [-0.05, 0) is 38.0 Å². The standard InChI is InChI=1S/C12H14BrF4N/c1-8(3-2-6-12(15,16)17)18-11-7-9(13)4-5-10(11)14/h4-5,7-8,18H,2-3,6H2,1H3. The summed E-state index contributed by atoms with van der Waals surface area (Å²) in [5.41, 5.74) is 0.295. The van der Waals surface area contributed by atoms with E-state index in [4.69, 9.17) is 0 Å². The third-order valence-corrected chi connectivity index (χ3v) is 2.92. The molecule has 6 heteroatoms. The fourth-order valence-corrected chi connectivity index (χ4v) is 1.92. The van der Waals surface area contributed by atoms with Crippen LogP contribution in [-0.2, 0) is 0 Å². The first-order chi connectivity index (χ1) is 8.28. The lowest BCUT2D eigenvalue weighted by atomic mass is 10.1. The Morgan fingerprint density at radius 2 is 2.00 bits per heavy atom. The highest BCUT2D eigenvalue weighted by atomic mass is 79.9. The lowest BCUT2D eigenvalue weighted by Gasteiger charge is -2.16. The minimum Gasteiger partial charge on any atom is -0.380 e. The predicted molar refractivity (Wildman–Crippen MR) is 67.1 cm³/mol. The number of hydrogen-bond acceptors (Lipinski definition) is 1. The van der Waals surface area contributed by atoms with Crippen molar-refractivity contribution in [3.63, 3.8) is 0 Å². The molecule has 0 aliphatic carbocycles. The number of benzene rings is 1. The summed E-state index contributed by atoms with van der Waals surface area (Å²) in [7, 11) is 0. The van der Waals surface area contributed by atoms with Crippen molar-refractivity contribution in [2.24, 2.45) is 0 Å². The molecule has 102 valence electrons. The van der Waals surface area contributed by atoms with Gasteiger partial charge in [0, 0.05) is 16.9 Å². The molecule has 1 aromatic rings. The van der Waals surface area contributed by atoms with Crippen LogP contribution in [0.4, 0.5) is 23.2 Å². The minimum atomic E-state index is -4.12. The molecule has 0 aromatic heterocycles. The van der Waals surface area contributed by atoms with Crippen molar-refractivity contribution in [2.45, 2.75) is 38.4 Å².